The van der Waals surface area contributed by atoms with E-state index in [1.807, 2.05) is 6.92 Å². The van der Waals surface area contributed by atoms with Crippen LogP contribution in [0.15, 0.2) is 0 Å². The average molecular weight is 345 g/mol. The fraction of sp³-hybridized carbons (Fsp3) is 0.875. The Morgan fingerprint density at radius 1 is 0.875 bits per heavy atom. The molecule has 0 aromatic heterocycles. The van der Waals surface area contributed by atoms with Crippen LogP contribution in [0.1, 0.15) is 26.2 Å². The van der Waals surface area contributed by atoms with Crippen molar-refractivity contribution in [2.45, 2.75) is 26.2 Å². The summed E-state index contributed by atoms with van der Waals surface area (Å²) in [5, 5.41) is 12.2. The van der Waals surface area contributed by atoms with Gasteiger partial charge in [-0.25, -0.2) is 0 Å². The number of rotatable bonds is 16. The number of carbonyl (C=O) groups excluding carboxylic acids is 2. The fourth-order valence-corrected chi connectivity index (χ4v) is 2.03. The van der Waals surface area contributed by atoms with Gasteiger partial charge in [0, 0.05) is 58.7 Å². The van der Waals surface area contributed by atoms with Gasteiger partial charge in [-0.05, 0) is 26.6 Å². The topological polar surface area (TPSA) is 112 Å². The van der Waals surface area contributed by atoms with Crippen LogP contribution < -0.4 is 27.0 Å². The highest BCUT2D eigenvalue weighted by atomic mass is 16.2. The van der Waals surface area contributed by atoms with Crippen molar-refractivity contribution >= 4 is 11.8 Å². The molecule has 0 saturated heterocycles. The van der Waals surface area contributed by atoms with Crippen molar-refractivity contribution < 1.29 is 9.59 Å². The van der Waals surface area contributed by atoms with E-state index in [2.05, 4.69) is 33.2 Å². The highest BCUT2D eigenvalue weighted by Gasteiger charge is 2.00. The molecular formula is C16H36N6O2. The first-order chi connectivity index (χ1) is 11.6. The second-order valence-corrected chi connectivity index (χ2v) is 5.75. The predicted octanol–water partition coefficient (Wildman–Crippen LogP) is -1.52. The van der Waals surface area contributed by atoms with E-state index in [1.54, 1.807) is 0 Å². The maximum atomic E-state index is 11.3. The van der Waals surface area contributed by atoms with Crippen LogP contribution in [0.5, 0.6) is 0 Å². The fourth-order valence-electron chi connectivity index (χ4n) is 2.03. The Morgan fingerprint density at radius 3 is 2.21 bits per heavy atom. The van der Waals surface area contributed by atoms with E-state index in [0.717, 1.165) is 39.1 Å². The van der Waals surface area contributed by atoms with Gasteiger partial charge in [-0.15, -0.1) is 0 Å². The van der Waals surface area contributed by atoms with E-state index in [0.29, 0.717) is 39.0 Å². The minimum atomic E-state index is 0.0408. The first kappa shape index (κ1) is 22.8. The molecule has 0 heterocycles. The molecule has 0 aliphatic heterocycles. The average Bonchev–Trinajstić information content (AvgIpc) is 2.58. The van der Waals surface area contributed by atoms with Gasteiger partial charge in [-0.3, -0.25) is 9.59 Å². The number of nitrogens with two attached hydrogens (primary N) is 1. The largest absolute Gasteiger partial charge is 0.355 e. The normalized spacial score (nSPS) is 10.8. The van der Waals surface area contributed by atoms with Gasteiger partial charge in [0.05, 0.1) is 0 Å². The van der Waals surface area contributed by atoms with Crippen molar-refractivity contribution in [2.24, 2.45) is 5.73 Å². The van der Waals surface area contributed by atoms with Gasteiger partial charge in [0.1, 0.15) is 0 Å². The smallest absolute Gasteiger partial charge is 0.221 e. The maximum Gasteiger partial charge on any atom is 0.221 e. The Balaban J connectivity index is 3.27. The van der Waals surface area contributed by atoms with Crippen LogP contribution in [0.3, 0.4) is 0 Å². The van der Waals surface area contributed by atoms with Crippen LogP contribution in [-0.4, -0.2) is 82.7 Å². The molecule has 0 spiro atoms. The van der Waals surface area contributed by atoms with Crippen molar-refractivity contribution in [1.82, 2.24) is 26.2 Å². The summed E-state index contributed by atoms with van der Waals surface area (Å²) in [4.78, 5) is 24.6. The second-order valence-electron chi connectivity index (χ2n) is 5.75. The van der Waals surface area contributed by atoms with E-state index < -0.39 is 0 Å². The summed E-state index contributed by atoms with van der Waals surface area (Å²) in [5.41, 5.74) is 5.31. The molecule has 8 heteroatoms. The molecule has 0 saturated carbocycles. The lowest BCUT2D eigenvalue weighted by molar-refractivity contribution is -0.121. The lowest BCUT2D eigenvalue weighted by Crippen LogP contribution is -2.35. The molecule has 6 N–H and O–H groups in total. The maximum absolute atomic E-state index is 11.3. The van der Waals surface area contributed by atoms with Gasteiger partial charge in [-0.2, -0.15) is 0 Å². The van der Waals surface area contributed by atoms with Crippen molar-refractivity contribution in [2.75, 3.05) is 66.0 Å². The number of hydrogen-bond donors (Lipinski definition) is 5. The lowest BCUT2D eigenvalue weighted by Gasteiger charge is -2.16. The summed E-state index contributed by atoms with van der Waals surface area (Å²) in [6.07, 6.45) is 2.10. The summed E-state index contributed by atoms with van der Waals surface area (Å²) in [7, 11) is 2.06. The summed E-state index contributed by atoms with van der Waals surface area (Å²) >= 11 is 0. The predicted molar refractivity (Wildman–Crippen MR) is 97.8 cm³/mol. The highest BCUT2D eigenvalue weighted by molar-refractivity contribution is 5.76. The molecule has 0 aromatic rings. The molecule has 24 heavy (non-hydrogen) atoms. The highest BCUT2D eigenvalue weighted by Crippen LogP contribution is 1.86. The monoisotopic (exact) mass is 344 g/mol. The number of nitrogens with zero attached hydrogens (tertiary/aromatic N) is 1. The number of carbonyl (C=O) groups is 2. The molecule has 2 amide bonds. The Morgan fingerprint density at radius 2 is 1.54 bits per heavy atom. The number of hydrogen-bond acceptors (Lipinski definition) is 6. The summed E-state index contributed by atoms with van der Waals surface area (Å²) in [5.74, 6) is 0.147. The minimum Gasteiger partial charge on any atom is -0.355 e. The van der Waals surface area contributed by atoms with Gasteiger partial charge >= 0.3 is 0 Å². The minimum absolute atomic E-state index is 0.0408. The Kier molecular flexibility index (Phi) is 15.8. The number of nitrogens with one attached hydrogen (secondary N) is 4. The van der Waals surface area contributed by atoms with E-state index in [9.17, 15) is 9.59 Å². The van der Waals surface area contributed by atoms with E-state index in [1.165, 1.54) is 0 Å². The van der Waals surface area contributed by atoms with E-state index in [-0.39, 0.29) is 11.8 Å². The molecule has 0 unspecified atom stereocenters. The van der Waals surface area contributed by atoms with E-state index >= 15 is 0 Å². The quantitative estimate of drug-likeness (QED) is 0.217. The Bertz CT molecular complexity index is 328. The zero-order chi connectivity index (χ0) is 18.0. The van der Waals surface area contributed by atoms with Crippen molar-refractivity contribution in [1.29, 1.82) is 0 Å². The first-order valence-corrected chi connectivity index (χ1v) is 8.93. The van der Waals surface area contributed by atoms with Gasteiger partial charge in [0.15, 0.2) is 0 Å². The van der Waals surface area contributed by atoms with Gasteiger partial charge in [0.2, 0.25) is 11.8 Å². The molecule has 0 radical (unpaired) electrons. The molecular weight excluding hydrogens is 308 g/mol. The second kappa shape index (κ2) is 16.6. The lowest BCUT2D eigenvalue weighted by atomic mass is 10.3. The molecule has 0 aromatic carbocycles. The zero-order valence-electron chi connectivity index (χ0n) is 15.3. The third-order valence-electron chi connectivity index (χ3n) is 3.50. The molecule has 0 fully saturated rings. The van der Waals surface area contributed by atoms with Crippen LogP contribution >= 0.6 is 0 Å². The molecule has 0 aliphatic carbocycles. The molecule has 142 valence electrons. The molecule has 0 rings (SSSR count). The Labute approximate surface area is 146 Å². The van der Waals surface area contributed by atoms with Gasteiger partial charge in [-0.1, -0.05) is 6.92 Å². The standard InChI is InChI=1S/C16H36N6O2/c1-3-15(23)21-12-14-22(2)13-4-7-18-10-11-19-8-5-16(24)20-9-6-17/h18-19H,3-14,17H2,1-2H3,(H,20,24)(H,21,23). The van der Waals surface area contributed by atoms with Crippen molar-refractivity contribution in [3.63, 3.8) is 0 Å². The Hall–Kier alpha value is -1.22. The first-order valence-electron chi connectivity index (χ1n) is 8.93. The molecule has 8 nitrogen and oxygen atoms in total. The van der Waals surface area contributed by atoms with Crippen molar-refractivity contribution in [3.05, 3.63) is 0 Å². The zero-order valence-corrected chi connectivity index (χ0v) is 15.3. The summed E-state index contributed by atoms with van der Waals surface area (Å²) in [6.45, 7) is 8.85. The SMILES string of the molecule is CCC(=O)NCCN(C)CCCNCCNCCC(=O)NCCN. The van der Waals surface area contributed by atoms with Gasteiger partial charge in [0.25, 0.3) is 0 Å². The molecule has 0 bridgehead atoms. The molecule has 0 atom stereocenters. The number of amides is 2. The summed E-state index contributed by atoms with van der Waals surface area (Å²) < 4.78 is 0. The van der Waals surface area contributed by atoms with Crippen LogP contribution in [-0.2, 0) is 9.59 Å². The third-order valence-corrected chi connectivity index (χ3v) is 3.50. The van der Waals surface area contributed by atoms with Crippen LogP contribution in [0, 0.1) is 0 Å². The number of likely N-dealkylation sites (N-methyl/N-ethyl adjacent to an activating group) is 1. The third kappa shape index (κ3) is 15.7. The summed E-state index contributed by atoms with van der Waals surface area (Å²) in [6, 6.07) is 0. The van der Waals surface area contributed by atoms with Crippen LogP contribution in [0.2, 0.25) is 0 Å². The van der Waals surface area contributed by atoms with Crippen LogP contribution in [0.25, 0.3) is 0 Å². The molecule has 0 aliphatic rings. The van der Waals surface area contributed by atoms with Crippen molar-refractivity contribution in [3.8, 4) is 0 Å². The van der Waals surface area contributed by atoms with E-state index in [4.69, 9.17) is 5.73 Å². The van der Waals surface area contributed by atoms with Gasteiger partial charge < -0.3 is 31.9 Å². The van der Waals surface area contributed by atoms with Crippen LogP contribution in [0.4, 0.5) is 0 Å².